The van der Waals surface area contributed by atoms with Crippen LogP contribution in [0.15, 0.2) is 54.6 Å². The van der Waals surface area contributed by atoms with Crippen molar-refractivity contribution in [1.82, 2.24) is 5.43 Å². The Labute approximate surface area is 106 Å². The Morgan fingerprint density at radius 1 is 0.889 bits per heavy atom. The van der Waals surface area contributed by atoms with Gasteiger partial charge in [0.2, 0.25) is 0 Å². The van der Waals surface area contributed by atoms with E-state index in [0.717, 1.165) is 11.4 Å². The van der Waals surface area contributed by atoms with Gasteiger partial charge >= 0.3 is 6.03 Å². The van der Waals surface area contributed by atoms with Gasteiger partial charge in [0.15, 0.2) is 0 Å². The molecular formula is C14H15N3O. The van der Waals surface area contributed by atoms with Gasteiger partial charge in [0, 0.05) is 5.69 Å². The van der Waals surface area contributed by atoms with E-state index >= 15 is 0 Å². The molecule has 2 aromatic rings. The summed E-state index contributed by atoms with van der Waals surface area (Å²) in [4.78, 5) is 11.6. The lowest BCUT2D eigenvalue weighted by molar-refractivity contribution is 0.254. The molecule has 92 valence electrons. The fraction of sp³-hybridized carbons (Fsp3) is 0.0714. The van der Waals surface area contributed by atoms with Gasteiger partial charge in [0.05, 0.1) is 5.69 Å². The molecule has 0 fully saturated rings. The largest absolute Gasteiger partial charge is 0.337 e. The fourth-order valence-corrected chi connectivity index (χ4v) is 1.45. The number of anilines is 2. The highest BCUT2D eigenvalue weighted by Crippen LogP contribution is 2.07. The van der Waals surface area contributed by atoms with Crippen LogP contribution in [0.1, 0.15) is 5.56 Å². The van der Waals surface area contributed by atoms with Gasteiger partial charge in [-0.3, -0.25) is 10.9 Å². The minimum Gasteiger partial charge on any atom is -0.307 e. The molecule has 0 saturated heterocycles. The number of para-hydroxylation sites is 1. The zero-order valence-electron chi connectivity index (χ0n) is 10.1. The number of aryl methyl sites for hydroxylation is 1. The van der Waals surface area contributed by atoms with E-state index in [1.54, 1.807) is 0 Å². The molecule has 0 atom stereocenters. The van der Waals surface area contributed by atoms with Crippen molar-refractivity contribution < 1.29 is 4.79 Å². The lowest BCUT2D eigenvalue weighted by Crippen LogP contribution is -2.33. The molecule has 0 aliphatic heterocycles. The molecule has 0 unspecified atom stereocenters. The van der Waals surface area contributed by atoms with Crippen LogP contribution >= 0.6 is 0 Å². The number of amides is 2. The Bertz CT molecular complexity index is 508. The summed E-state index contributed by atoms with van der Waals surface area (Å²) in [5, 5.41) is 2.71. The Morgan fingerprint density at radius 3 is 2.22 bits per heavy atom. The van der Waals surface area contributed by atoms with E-state index in [2.05, 4.69) is 16.2 Å². The van der Waals surface area contributed by atoms with Gasteiger partial charge < -0.3 is 5.32 Å². The highest BCUT2D eigenvalue weighted by Gasteiger charge is 1.99. The monoisotopic (exact) mass is 241 g/mol. The second kappa shape index (κ2) is 5.72. The predicted octanol–water partition coefficient (Wildman–Crippen LogP) is 3.14. The van der Waals surface area contributed by atoms with Crippen LogP contribution in [-0.2, 0) is 0 Å². The molecule has 0 radical (unpaired) electrons. The standard InChI is InChI=1S/C14H15N3O/c1-11-7-9-13(10-8-11)16-17-14(18)15-12-5-3-2-4-6-12/h2-10,16H,1H3,(H2,15,17,18). The second-order valence-electron chi connectivity index (χ2n) is 3.94. The van der Waals surface area contributed by atoms with Gasteiger partial charge in [-0.1, -0.05) is 35.9 Å². The Morgan fingerprint density at radius 2 is 1.56 bits per heavy atom. The van der Waals surface area contributed by atoms with Crippen molar-refractivity contribution in [3.63, 3.8) is 0 Å². The molecule has 4 nitrogen and oxygen atoms in total. The Hall–Kier alpha value is -2.49. The van der Waals surface area contributed by atoms with Gasteiger partial charge in [0.1, 0.15) is 0 Å². The number of hydrazine groups is 1. The Balaban J connectivity index is 1.83. The summed E-state index contributed by atoms with van der Waals surface area (Å²) in [6.07, 6.45) is 0. The number of rotatable bonds is 3. The summed E-state index contributed by atoms with van der Waals surface area (Å²) in [5.74, 6) is 0. The van der Waals surface area contributed by atoms with Crippen LogP contribution in [0.25, 0.3) is 0 Å². The summed E-state index contributed by atoms with van der Waals surface area (Å²) in [6.45, 7) is 2.01. The maximum Gasteiger partial charge on any atom is 0.337 e. The molecule has 0 aliphatic rings. The SMILES string of the molecule is Cc1ccc(NNC(=O)Nc2ccccc2)cc1. The fourth-order valence-electron chi connectivity index (χ4n) is 1.45. The van der Waals surface area contributed by atoms with Crippen molar-refractivity contribution in [1.29, 1.82) is 0 Å². The number of hydrogen-bond acceptors (Lipinski definition) is 2. The molecule has 0 spiro atoms. The second-order valence-corrected chi connectivity index (χ2v) is 3.94. The van der Waals surface area contributed by atoms with Gasteiger partial charge in [-0.15, -0.1) is 0 Å². The summed E-state index contributed by atoms with van der Waals surface area (Å²) < 4.78 is 0. The van der Waals surface area contributed by atoms with E-state index in [-0.39, 0.29) is 6.03 Å². The third-order valence-corrected chi connectivity index (χ3v) is 2.40. The highest BCUT2D eigenvalue weighted by atomic mass is 16.2. The first-order chi connectivity index (χ1) is 8.74. The average molecular weight is 241 g/mol. The van der Waals surface area contributed by atoms with Crippen molar-refractivity contribution in [3.05, 3.63) is 60.2 Å². The number of benzene rings is 2. The molecule has 2 amide bonds. The van der Waals surface area contributed by atoms with Crippen LogP contribution in [0.4, 0.5) is 16.2 Å². The predicted molar refractivity (Wildman–Crippen MR) is 73.4 cm³/mol. The summed E-state index contributed by atoms with van der Waals surface area (Å²) in [5.41, 5.74) is 8.16. The van der Waals surface area contributed by atoms with Crippen molar-refractivity contribution in [2.75, 3.05) is 10.7 Å². The third-order valence-electron chi connectivity index (χ3n) is 2.40. The Kier molecular flexibility index (Phi) is 3.81. The van der Waals surface area contributed by atoms with Gasteiger partial charge in [-0.2, -0.15) is 0 Å². The topological polar surface area (TPSA) is 53.2 Å². The maximum absolute atomic E-state index is 11.6. The zero-order chi connectivity index (χ0) is 12.8. The average Bonchev–Trinajstić information content (AvgIpc) is 2.39. The highest BCUT2D eigenvalue weighted by molar-refractivity contribution is 5.89. The van der Waals surface area contributed by atoms with Crippen molar-refractivity contribution in [2.24, 2.45) is 0 Å². The summed E-state index contributed by atoms with van der Waals surface area (Å²) in [6, 6.07) is 16.7. The summed E-state index contributed by atoms with van der Waals surface area (Å²) in [7, 11) is 0. The number of carbonyl (C=O) groups excluding carboxylic acids is 1. The van der Waals surface area contributed by atoms with Crippen LogP contribution in [0.5, 0.6) is 0 Å². The van der Waals surface area contributed by atoms with E-state index in [9.17, 15) is 4.79 Å². The lowest BCUT2D eigenvalue weighted by Gasteiger charge is -2.09. The number of carbonyl (C=O) groups is 1. The molecule has 3 N–H and O–H groups in total. The van der Waals surface area contributed by atoms with Gasteiger partial charge in [-0.05, 0) is 31.2 Å². The quantitative estimate of drug-likeness (QED) is 0.723. The van der Waals surface area contributed by atoms with Crippen molar-refractivity contribution in [3.8, 4) is 0 Å². The lowest BCUT2D eigenvalue weighted by atomic mass is 10.2. The first-order valence-electron chi connectivity index (χ1n) is 5.69. The van der Waals surface area contributed by atoms with Crippen LogP contribution in [0, 0.1) is 6.92 Å². The van der Waals surface area contributed by atoms with E-state index < -0.39 is 0 Å². The molecule has 0 saturated carbocycles. The number of hydrogen-bond donors (Lipinski definition) is 3. The number of nitrogens with one attached hydrogen (secondary N) is 3. The van der Waals surface area contributed by atoms with Gasteiger partial charge in [0.25, 0.3) is 0 Å². The van der Waals surface area contributed by atoms with Crippen molar-refractivity contribution in [2.45, 2.75) is 6.92 Å². The van der Waals surface area contributed by atoms with E-state index in [0.29, 0.717) is 0 Å². The minimum absolute atomic E-state index is 0.304. The molecule has 0 aromatic heterocycles. The van der Waals surface area contributed by atoms with Crippen LogP contribution < -0.4 is 16.2 Å². The number of urea groups is 1. The molecule has 0 aliphatic carbocycles. The smallest absolute Gasteiger partial charge is 0.307 e. The van der Waals surface area contributed by atoms with Gasteiger partial charge in [-0.25, -0.2) is 4.79 Å². The van der Waals surface area contributed by atoms with Crippen LogP contribution in [0.3, 0.4) is 0 Å². The molecular weight excluding hydrogens is 226 g/mol. The molecule has 18 heavy (non-hydrogen) atoms. The van der Waals surface area contributed by atoms with Crippen LogP contribution in [-0.4, -0.2) is 6.03 Å². The molecule has 2 rings (SSSR count). The van der Waals surface area contributed by atoms with E-state index in [1.165, 1.54) is 5.56 Å². The molecule has 2 aromatic carbocycles. The first-order valence-corrected chi connectivity index (χ1v) is 5.69. The zero-order valence-corrected chi connectivity index (χ0v) is 10.1. The van der Waals surface area contributed by atoms with E-state index in [4.69, 9.17) is 0 Å². The minimum atomic E-state index is -0.304. The molecule has 4 heteroatoms. The first kappa shape index (κ1) is 12.0. The normalized spacial score (nSPS) is 9.61. The molecule has 0 heterocycles. The summed E-state index contributed by atoms with van der Waals surface area (Å²) >= 11 is 0. The van der Waals surface area contributed by atoms with E-state index in [1.807, 2.05) is 61.5 Å². The molecule has 0 bridgehead atoms. The van der Waals surface area contributed by atoms with Crippen LogP contribution in [0.2, 0.25) is 0 Å². The van der Waals surface area contributed by atoms with Crippen molar-refractivity contribution >= 4 is 17.4 Å². The third kappa shape index (κ3) is 3.52. The maximum atomic E-state index is 11.6.